The molecule has 0 unspecified atom stereocenters. The lowest BCUT2D eigenvalue weighted by Gasteiger charge is -2.11. The second kappa shape index (κ2) is 13.4. The third-order valence-electron chi connectivity index (χ3n) is 11.1. The number of furan rings is 1. The summed E-state index contributed by atoms with van der Waals surface area (Å²) in [6, 6.07) is 74.7. The lowest BCUT2D eigenvalue weighted by molar-refractivity contribution is 0.669. The van der Waals surface area contributed by atoms with Crippen LogP contribution < -0.4 is 0 Å². The molecule has 56 heavy (non-hydrogen) atoms. The molecule has 0 saturated heterocycles. The molecule has 0 atom stereocenters. The second-order valence-electron chi connectivity index (χ2n) is 14.5. The minimum absolute atomic E-state index is 0.916. The summed E-state index contributed by atoms with van der Waals surface area (Å²) in [6.45, 7) is 0. The van der Waals surface area contributed by atoms with Crippen molar-refractivity contribution in [1.29, 1.82) is 0 Å². The van der Waals surface area contributed by atoms with Gasteiger partial charge in [-0.2, -0.15) is 0 Å². The lowest BCUT2D eigenvalue weighted by atomic mass is 9.94. The molecule has 11 aromatic rings. The van der Waals surface area contributed by atoms with E-state index < -0.39 is 0 Å². The Bertz CT molecular complexity index is 3250. The van der Waals surface area contributed by atoms with Crippen LogP contribution in [0.2, 0.25) is 0 Å². The van der Waals surface area contributed by atoms with Gasteiger partial charge < -0.3 is 4.42 Å². The molecule has 0 fully saturated rings. The van der Waals surface area contributed by atoms with Gasteiger partial charge in [-0.3, -0.25) is 0 Å². The van der Waals surface area contributed by atoms with Crippen LogP contribution in [0.3, 0.4) is 0 Å². The van der Waals surface area contributed by atoms with E-state index in [1.807, 2.05) is 23.5 Å². The normalized spacial score (nSPS) is 11.6. The van der Waals surface area contributed by atoms with Gasteiger partial charge in [0.05, 0.1) is 0 Å². The zero-order chi connectivity index (χ0) is 37.0. The maximum atomic E-state index is 6.09. The molecule has 0 amide bonds. The van der Waals surface area contributed by atoms with E-state index in [9.17, 15) is 0 Å². The van der Waals surface area contributed by atoms with Crippen LogP contribution in [0, 0.1) is 0 Å². The number of fused-ring (bicyclic) bond motifs is 6. The van der Waals surface area contributed by atoms with Crippen LogP contribution >= 0.6 is 11.3 Å². The zero-order valence-corrected chi connectivity index (χ0v) is 31.3. The highest BCUT2D eigenvalue weighted by atomic mass is 32.1. The van der Waals surface area contributed by atoms with Gasteiger partial charge in [-0.1, -0.05) is 158 Å². The molecule has 11 rings (SSSR count). The van der Waals surface area contributed by atoms with Gasteiger partial charge in [-0.25, -0.2) is 0 Å². The molecule has 262 valence electrons. The minimum Gasteiger partial charge on any atom is -0.456 e. The average Bonchev–Trinajstić information content (AvgIpc) is 3.85. The monoisotopic (exact) mass is 730 g/mol. The third kappa shape index (κ3) is 5.71. The Morgan fingerprint density at radius 2 is 0.714 bits per heavy atom. The summed E-state index contributed by atoms with van der Waals surface area (Å²) in [6.07, 6.45) is 0. The molecule has 0 aliphatic carbocycles. The largest absolute Gasteiger partial charge is 0.456 e. The van der Waals surface area contributed by atoms with Gasteiger partial charge in [0.2, 0.25) is 0 Å². The number of hydrogen-bond donors (Lipinski definition) is 0. The van der Waals surface area contributed by atoms with Gasteiger partial charge in [-0.15, -0.1) is 11.3 Å². The molecule has 2 heteroatoms. The summed E-state index contributed by atoms with van der Waals surface area (Å²) in [5.41, 5.74) is 16.4. The van der Waals surface area contributed by atoms with E-state index in [4.69, 9.17) is 4.42 Å². The van der Waals surface area contributed by atoms with E-state index in [1.165, 1.54) is 86.9 Å². The van der Waals surface area contributed by atoms with Crippen LogP contribution in [0.1, 0.15) is 0 Å². The molecule has 0 aliphatic heterocycles. The smallest absolute Gasteiger partial charge is 0.135 e. The molecular weight excluding hydrogens is 697 g/mol. The van der Waals surface area contributed by atoms with Crippen molar-refractivity contribution in [2.24, 2.45) is 0 Å². The first-order chi connectivity index (χ1) is 27.7. The zero-order valence-electron chi connectivity index (χ0n) is 30.4. The van der Waals surface area contributed by atoms with Gasteiger partial charge in [0.25, 0.3) is 0 Å². The predicted molar refractivity (Wildman–Crippen MR) is 239 cm³/mol. The average molecular weight is 731 g/mol. The van der Waals surface area contributed by atoms with Crippen LogP contribution in [0.25, 0.3) is 109 Å². The summed E-state index contributed by atoms with van der Waals surface area (Å²) < 4.78 is 8.75. The Morgan fingerprint density at radius 3 is 1.32 bits per heavy atom. The molecule has 0 spiro atoms. The highest BCUT2D eigenvalue weighted by Gasteiger charge is 2.13. The van der Waals surface area contributed by atoms with Gasteiger partial charge in [0.15, 0.2) is 0 Å². The first-order valence-corrected chi connectivity index (χ1v) is 19.9. The fourth-order valence-electron chi connectivity index (χ4n) is 8.24. The molecule has 0 bridgehead atoms. The van der Waals surface area contributed by atoms with Gasteiger partial charge in [0, 0.05) is 30.9 Å². The standard InChI is InChI=1S/C54H34OS/c1-2-11-35(12-3-1)46-22-10-23-49-48-27-25-45(34-53(48)56-54(46)49)43-20-9-18-41(32-43)39-16-7-14-37(30-39)36-13-6-15-38(29-36)40-17-8-19-42(31-40)44-26-28-52-50(33-44)47-21-4-5-24-51(47)55-52/h1-34H. The Kier molecular flexibility index (Phi) is 7.75. The topological polar surface area (TPSA) is 13.1 Å². The van der Waals surface area contributed by atoms with E-state index in [0.717, 1.165) is 21.9 Å². The lowest BCUT2D eigenvalue weighted by Crippen LogP contribution is -1.85. The van der Waals surface area contributed by atoms with Crippen molar-refractivity contribution in [3.8, 4) is 66.8 Å². The van der Waals surface area contributed by atoms with Gasteiger partial charge >= 0.3 is 0 Å². The van der Waals surface area contributed by atoms with E-state index in [1.54, 1.807) is 0 Å². The molecule has 0 N–H and O–H groups in total. The van der Waals surface area contributed by atoms with Crippen LogP contribution in [-0.2, 0) is 0 Å². The summed E-state index contributed by atoms with van der Waals surface area (Å²) in [4.78, 5) is 0. The first kappa shape index (κ1) is 32.4. The van der Waals surface area contributed by atoms with Crippen molar-refractivity contribution < 1.29 is 4.42 Å². The Morgan fingerprint density at radius 1 is 0.268 bits per heavy atom. The van der Waals surface area contributed by atoms with Crippen molar-refractivity contribution in [2.75, 3.05) is 0 Å². The van der Waals surface area contributed by atoms with E-state index in [2.05, 4.69) is 194 Å². The fraction of sp³-hybridized carbons (Fsp3) is 0. The van der Waals surface area contributed by atoms with Crippen LogP contribution in [0.5, 0.6) is 0 Å². The summed E-state index contributed by atoms with van der Waals surface area (Å²) >= 11 is 1.89. The Balaban J connectivity index is 0.898. The first-order valence-electron chi connectivity index (χ1n) is 19.1. The Labute approximate surface area is 329 Å². The molecule has 9 aromatic carbocycles. The van der Waals surface area contributed by atoms with Crippen LogP contribution in [0.4, 0.5) is 0 Å². The SMILES string of the molecule is c1ccc(-c2cccc3c2sc2cc(-c4cccc(-c5cccc(-c6cccc(-c7cccc(-c8ccc9oc%10ccccc%10c9c8)c7)c6)c5)c4)ccc23)cc1. The maximum absolute atomic E-state index is 6.09. The third-order valence-corrected chi connectivity index (χ3v) is 12.3. The quantitative estimate of drug-likeness (QED) is 0.166. The number of para-hydroxylation sites is 1. The molecule has 0 radical (unpaired) electrons. The van der Waals surface area contributed by atoms with Crippen molar-refractivity contribution in [3.05, 3.63) is 206 Å². The van der Waals surface area contributed by atoms with Gasteiger partial charge in [-0.05, 0) is 115 Å². The van der Waals surface area contributed by atoms with Crippen molar-refractivity contribution in [1.82, 2.24) is 0 Å². The Hall–Kier alpha value is -7.00. The number of thiophene rings is 1. The van der Waals surface area contributed by atoms with Crippen LogP contribution in [-0.4, -0.2) is 0 Å². The van der Waals surface area contributed by atoms with Crippen molar-refractivity contribution in [2.45, 2.75) is 0 Å². The predicted octanol–water partition coefficient (Wildman–Crippen LogP) is 16.0. The maximum Gasteiger partial charge on any atom is 0.135 e. The molecule has 1 nitrogen and oxygen atoms in total. The van der Waals surface area contributed by atoms with E-state index >= 15 is 0 Å². The molecule has 0 saturated carbocycles. The van der Waals surface area contributed by atoms with E-state index in [-0.39, 0.29) is 0 Å². The van der Waals surface area contributed by atoms with Crippen molar-refractivity contribution >= 4 is 53.4 Å². The summed E-state index contributed by atoms with van der Waals surface area (Å²) in [5.74, 6) is 0. The number of rotatable bonds is 6. The molecule has 2 aromatic heterocycles. The van der Waals surface area contributed by atoms with Gasteiger partial charge in [0.1, 0.15) is 11.2 Å². The van der Waals surface area contributed by atoms with E-state index in [0.29, 0.717) is 0 Å². The summed E-state index contributed by atoms with van der Waals surface area (Å²) in [7, 11) is 0. The fourth-order valence-corrected chi connectivity index (χ4v) is 9.52. The summed E-state index contributed by atoms with van der Waals surface area (Å²) in [5, 5.41) is 4.93. The highest BCUT2D eigenvalue weighted by molar-refractivity contribution is 7.26. The van der Waals surface area contributed by atoms with Crippen molar-refractivity contribution in [3.63, 3.8) is 0 Å². The number of benzene rings is 9. The number of hydrogen-bond acceptors (Lipinski definition) is 2. The highest BCUT2D eigenvalue weighted by Crippen LogP contribution is 2.42. The second-order valence-corrected chi connectivity index (χ2v) is 15.5. The molecular formula is C54H34OS. The molecule has 2 heterocycles. The molecule has 0 aliphatic rings. The minimum atomic E-state index is 0.916. The van der Waals surface area contributed by atoms with Crippen LogP contribution in [0.15, 0.2) is 211 Å².